The van der Waals surface area contributed by atoms with Gasteiger partial charge in [-0.3, -0.25) is 4.98 Å². The van der Waals surface area contributed by atoms with Gasteiger partial charge < -0.3 is 11.1 Å². The Morgan fingerprint density at radius 1 is 1.33 bits per heavy atom. The number of nitrogens with two attached hydrogens (primary N) is 1. The highest BCUT2D eigenvalue weighted by Crippen LogP contribution is 2.24. The molecule has 0 fully saturated rings. The molecule has 1 heterocycles. The molecule has 94 valence electrons. The van der Waals surface area contributed by atoms with E-state index < -0.39 is 0 Å². The Bertz CT molecular complexity index is 540. The monoisotopic (exact) mass is 261 g/mol. The van der Waals surface area contributed by atoms with Crippen LogP contribution in [0.1, 0.15) is 18.2 Å². The van der Waals surface area contributed by atoms with Gasteiger partial charge in [-0.05, 0) is 36.2 Å². The van der Waals surface area contributed by atoms with E-state index in [2.05, 4.69) is 23.3 Å². The number of hydrogen-bond acceptors (Lipinski definition) is 3. The first kappa shape index (κ1) is 12.7. The van der Waals surface area contributed by atoms with Crippen LogP contribution in [0.3, 0.4) is 0 Å². The number of nitrogens with zero attached hydrogens (tertiary/aromatic N) is 1. The van der Waals surface area contributed by atoms with Gasteiger partial charge in [-0.15, -0.1) is 0 Å². The van der Waals surface area contributed by atoms with Crippen LogP contribution in [-0.4, -0.2) is 4.98 Å². The highest BCUT2D eigenvalue weighted by Gasteiger charge is 2.04. The summed E-state index contributed by atoms with van der Waals surface area (Å²) < 4.78 is 0. The molecule has 0 aliphatic heterocycles. The zero-order valence-corrected chi connectivity index (χ0v) is 11.0. The van der Waals surface area contributed by atoms with E-state index in [1.165, 1.54) is 5.56 Å². The van der Waals surface area contributed by atoms with Crippen LogP contribution in [0.25, 0.3) is 0 Å². The van der Waals surface area contributed by atoms with Crippen molar-refractivity contribution >= 4 is 23.0 Å². The maximum Gasteiger partial charge on any atom is 0.0658 e. The number of aromatic nitrogens is 1. The van der Waals surface area contributed by atoms with Gasteiger partial charge in [0.2, 0.25) is 0 Å². The molecule has 2 rings (SSSR count). The normalized spacial score (nSPS) is 10.3. The van der Waals surface area contributed by atoms with Crippen LogP contribution in [0.4, 0.5) is 11.4 Å². The van der Waals surface area contributed by atoms with Gasteiger partial charge in [0.25, 0.3) is 0 Å². The van der Waals surface area contributed by atoms with Crippen LogP contribution >= 0.6 is 11.6 Å². The fourth-order valence-electron chi connectivity index (χ4n) is 1.81. The number of benzene rings is 1. The highest BCUT2D eigenvalue weighted by molar-refractivity contribution is 6.33. The van der Waals surface area contributed by atoms with E-state index in [1.807, 2.05) is 18.2 Å². The molecule has 1 aromatic carbocycles. The zero-order chi connectivity index (χ0) is 13.0. The van der Waals surface area contributed by atoms with Crippen molar-refractivity contribution in [2.24, 2.45) is 0 Å². The first-order valence-electron chi connectivity index (χ1n) is 5.92. The Morgan fingerprint density at radius 2 is 2.17 bits per heavy atom. The maximum atomic E-state index is 6.11. The molecule has 18 heavy (non-hydrogen) atoms. The summed E-state index contributed by atoms with van der Waals surface area (Å²) in [6.45, 7) is 2.78. The molecule has 0 atom stereocenters. The zero-order valence-electron chi connectivity index (χ0n) is 10.3. The van der Waals surface area contributed by atoms with Crippen LogP contribution in [-0.2, 0) is 13.0 Å². The third kappa shape index (κ3) is 2.93. The minimum atomic E-state index is 0.629. The molecule has 0 radical (unpaired) electrons. The quantitative estimate of drug-likeness (QED) is 0.829. The number of halogens is 1. The Hall–Kier alpha value is -1.74. The number of hydrogen-bond donors (Lipinski definition) is 2. The van der Waals surface area contributed by atoms with E-state index in [4.69, 9.17) is 17.3 Å². The molecule has 0 aliphatic carbocycles. The fraction of sp³-hybridized carbons (Fsp3) is 0.214. The SMILES string of the molecule is CCc1cccnc1CNc1ccc(N)cc1Cl. The lowest BCUT2D eigenvalue weighted by atomic mass is 10.1. The van der Waals surface area contributed by atoms with E-state index in [-0.39, 0.29) is 0 Å². The van der Waals surface area contributed by atoms with Crippen molar-refractivity contribution < 1.29 is 0 Å². The van der Waals surface area contributed by atoms with Crippen LogP contribution in [0.15, 0.2) is 36.5 Å². The minimum Gasteiger partial charge on any atom is -0.399 e. The van der Waals surface area contributed by atoms with E-state index in [9.17, 15) is 0 Å². The van der Waals surface area contributed by atoms with Crippen molar-refractivity contribution in [2.75, 3.05) is 11.1 Å². The summed E-state index contributed by atoms with van der Waals surface area (Å²) >= 11 is 6.11. The minimum absolute atomic E-state index is 0.629. The van der Waals surface area contributed by atoms with E-state index >= 15 is 0 Å². The van der Waals surface area contributed by atoms with Gasteiger partial charge in [-0.1, -0.05) is 24.6 Å². The van der Waals surface area contributed by atoms with E-state index in [0.717, 1.165) is 17.8 Å². The average Bonchev–Trinajstić information content (AvgIpc) is 2.38. The fourth-order valence-corrected chi connectivity index (χ4v) is 2.06. The highest BCUT2D eigenvalue weighted by atomic mass is 35.5. The molecule has 0 spiro atoms. The number of aryl methyl sites for hydroxylation is 1. The first-order valence-corrected chi connectivity index (χ1v) is 6.30. The summed E-state index contributed by atoms with van der Waals surface area (Å²) in [5.74, 6) is 0. The molecule has 3 nitrogen and oxygen atoms in total. The van der Waals surface area contributed by atoms with Crippen molar-refractivity contribution in [3.8, 4) is 0 Å². The molecule has 3 N–H and O–H groups in total. The lowest BCUT2D eigenvalue weighted by Gasteiger charge is -2.10. The van der Waals surface area contributed by atoms with Crippen molar-refractivity contribution in [3.05, 3.63) is 52.8 Å². The molecule has 0 saturated carbocycles. The lowest BCUT2D eigenvalue weighted by molar-refractivity contribution is 0.972. The molecule has 0 bridgehead atoms. The predicted molar refractivity (Wildman–Crippen MR) is 76.8 cm³/mol. The van der Waals surface area contributed by atoms with Crippen molar-refractivity contribution in [1.29, 1.82) is 0 Å². The number of nitrogen functional groups attached to an aromatic ring is 1. The molecular formula is C14H16ClN3. The molecule has 4 heteroatoms. The van der Waals surface area contributed by atoms with Gasteiger partial charge in [0, 0.05) is 11.9 Å². The molecule has 0 aliphatic rings. The van der Waals surface area contributed by atoms with Crippen molar-refractivity contribution in [1.82, 2.24) is 4.98 Å². The summed E-state index contributed by atoms with van der Waals surface area (Å²) in [5, 5.41) is 3.91. The topological polar surface area (TPSA) is 50.9 Å². The summed E-state index contributed by atoms with van der Waals surface area (Å²) in [5.41, 5.74) is 9.49. The number of rotatable bonds is 4. The summed E-state index contributed by atoms with van der Waals surface area (Å²) in [4.78, 5) is 4.38. The Balaban J connectivity index is 2.11. The second-order valence-corrected chi connectivity index (χ2v) is 4.46. The Kier molecular flexibility index (Phi) is 4.05. The van der Waals surface area contributed by atoms with Crippen LogP contribution in [0.5, 0.6) is 0 Å². The molecule has 1 aromatic heterocycles. The first-order chi connectivity index (χ1) is 8.70. The molecule has 0 saturated heterocycles. The number of nitrogens with one attached hydrogen (secondary N) is 1. The summed E-state index contributed by atoms with van der Waals surface area (Å²) in [6.07, 6.45) is 2.78. The summed E-state index contributed by atoms with van der Waals surface area (Å²) in [6, 6.07) is 9.50. The van der Waals surface area contributed by atoms with Crippen LogP contribution < -0.4 is 11.1 Å². The van der Waals surface area contributed by atoms with E-state index in [0.29, 0.717) is 17.3 Å². The lowest BCUT2D eigenvalue weighted by Crippen LogP contribution is -2.05. The van der Waals surface area contributed by atoms with E-state index in [1.54, 1.807) is 12.3 Å². The Morgan fingerprint density at radius 3 is 2.89 bits per heavy atom. The number of pyridine rings is 1. The third-order valence-corrected chi connectivity index (χ3v) is 3.12. The maximum absolute atomic E-state index is 6.11. The van der Waals surface area contributed by atoms with Gasteiger partial charge in [0.05, 0.1) is 22.9 Å². The predicted octanol–water partition coefficient (Wildman–Crippen LogP) is 3.49. The molecular weight excluding hydrogens is 246 g/mol. The average molecular weight is 262 g/mol. The smallest absolute Gasteiger partial charge is 0.0658 e. The second kappa shape index (κ2) is 5.74. The molecule has 2 aromatic rings. The van der Waals surface area contributed by atoms with Crippen molar-refractivity contribution in [2.45, 2.75) is 19.9 Å². The van der Waals surface area contributed by atoms with Gasteiger partial charge >= 0.3 is 0 Å². The molecule has 0 unspecified atom stereocenters. The summed E-state index contributed by atoms with van der Waals surface area (Å²) in [7, 11) is 0. The van der Waals surface area contributed by atoms with Gasteiger partial charge in [-0.25, -0.2) is 0 Å². The van der Waals surface area contributed by atoms with Crippen LogP contribution in [0, 0.1) is 0 Å². The van der Waals surface area contributed by atoms with Crippen molar-refractivity contribution in [3.63, 3.8) is 0 Å². The largest absolute Gasteiger partial charge is 0.399 e. The van der Waals surface area contributed by atoms with Gasteiger partial charge in [0.1, 0.15) is 0 Å². The number of anilines is 2. The third-order valence-electron chi connectivity index (χ3n) is 2.80. The second-order valence-electron chi connectivity index (χ2n) is 4.06. The van der Waals surface area contributed by atoms with Gasteiger partial charge in [-0.2, -0.15) is 0 Å². The Labute approximate surface area is 112 Å². The van der Waals surface area contributed by atoms with Crippen LogP contribution in [0.2, 0.25) is 5.02 Å². The molecule has 0 amide bonds. The van der Waals surface area contributed by atoms with Gasteiger partial charge in [0.15, 0.2) is 0 Å². The standard InChI is InChI=1S/C14H16ClN3/c1-2-10-4-3-7-17-14(10)9-18-13-6-5-11(16)8-12(13)15/h3-8,18H,2,9,16H2,1H3.